The molecule has 1 aromatic rings. The summed E-state index contributed by atoms with van der Waals surface area (Å²) in [5.74, 6) is 2.07. The third kappa shape index (κ3) is 4.56. The van der Waals surface area contributed by atoms with Gasteiger partial charge in [0.1, 0.15) is 0 Å². The van der Waals surface area contributed by atoms with Gasteiger partial charge in [0.15, 0.2) is 0 Å². The van der Waals surface area contributed by atoms with Gasteiger partial charge in [-0.3, -0.25) is 10.1 Å². The molecule has 0 fully saturated rings. The van der Waals surface area contributed by atoms with E-state index in [4.69, 9.17) is 6.42 Å². The first kappa shape index (κ1) is 17.2. The number of terminal acetylenes is 1. The average Bonchev–Trinajstić information content (AvgIpc) is 2.41. The molecule has 114 valence electrons. The Labute approximate surface area is 125 Å². The number of amides is 1. The second-order valence-electron chi connectivity index (χ2n) is 4.62. The number of hydrogen-bond donors (Lipinski definition) is 2. The fourth-order valence-corrected chi connectivity index (χ4v) is 2.75. The summed E-state index contributed by atoms with van der Waals surface area (Å²) in [5, 5.41) is 5.38. The maximum Gasteiger partial charge on any atom is 0.242 e. The van der Waals surface area contributed by atoms with Crippen molar-refractivity contribution in [2.45, 2.75) is 11.8 Å². The molecule has 0 aliphatic carbocycles. The number of anilines is 1. The molecule has 2 N–H and O–H groups in total. The van der Waals surface area contributed by atoms with Crippen molar-refractivity contribution in [3.8, 4) is 12.3 Å². The lowest BCUT2D eigenvalue weighted by Gasteiger charge is -2.15. The topological polar surface area (TPSA) is 78.5 Å². The lowest BCUT2D eigenvalue weighted by molar-refractivity contribution is -0.115. The van der Waals surface area contributed by atoms with Crippen molar-refractivity contribution in [2.24, 2.45) is 0 Å². The van der Waals surface area contributed by atoms with E-state index in [0.29, 0.717) is 17.8 Å². The molecule has 7 heteroatoms. The summed E-state index contributed by atoms with van der Waals surface area (Å²) >= 11 is 0. The standard InChI is InChI=1S/C14H19N3O3S/c1-5-8-15-10-14(18)16-12-7-6-11(2)13(9-12)21(19,20)17(3)4/h1,6-7,9,15H,8,10H2,2-4H3,(H,16,18). The molecule has 1 aromatic carbocycles. The molecule has 0 aromatic heterocycles. The zero-order chi connectivity index (χ0) is 16.0. The molecule has 0 bridgehead atoms. The third-order valence-corrected chi connectivity index (χ3v) is 4.70. The largest absolute Gasteiger partial charge is 0.325 e. The highest BCUT2D eigenvalue weighted by Crippen LogP contribution is 2.22. The summed E-state index contributed by atoms with van der Waals surface area (Å²) in [4.78, 5) is 11.8. The number of aryl methyl sites for hydroxylation is 1. The summed E-state index contributed by atoms with van der Waals surface area (Å²) in [6, 6.07) is 4.76. The van der Waals surface area contributed by atoms with Gasteiger partial charge >= 0.3 is 0 Å². The molecular weight excluding hydrogens is 290 g/mol. The zero-order valence-corrected chi connectivity index (χ0v) is 13.1. The Hall–Kier alpha value is -1.88. The van der Waals surface area contributed by atoms with Gasteiger partial charge in [-0.2, -0.15) is 0 Å². The minimum absolute atomic E-state index is 0.0633. The summed E-state index contributed by atoms with van der Waals surface area (Å²) in [6.07, 6.45) is 5.06. The molecule has 0 radical (unpaired) electrons. The van der Waals surface area contributed by atoms with E-state index in [1.165, 1.54) is 20.2 Å². The van der Waals surface area contributed by atoms with Crippen LogP contribution in [0.2, 0.25) is 0 Å². The van der Waals surface area contributed by atoms with Gasteiger partial charge in [0.05, 0.1) is 18.0 Å². The van der Waals surface area contributed by atoms with Crippen LogP contribution in [0.3, 0.4) is 0 Å². The zero-order valence-electron chi connectivity index (χ0n) is 12.3. The van der Waals surface area contributed by atoms with Gasteiger partial charge in [0.2, 0.25) is 15.9 Å². The lowest BCUT2D eigenvalue weighted by atomic mass is 10.2. The maximum absolute atomic E-state index is 12.2. The predicted molar refractivity (Wildman–Crippen MR) is 82.4 cm³/mol. The van der Waals surface area contributed by atoms with E-state index < -0.39 is 10.0 Å². The van der Waals surface area contributed by atoms with Crippen LogP contribution >= 0.6 is 0 Å². The van der Waals surface area contributed by atoms with Crippen LogP contribution in [0.15, 0.2) is 23.1 Å². The maximum atomic E-state index is 12.2. The first-order chi connectivity index (χ1) is 9.78. The van der Waals surface area contributed by atoms with E-state index in [9.17, 15) is 13.2 Å². The Bertz CT molecular complexity index is 661. The van der Waals surface area contributed by atoms with E-state index in [2.05, 4.69) is 16.6 Å². The van der Waals surface area contributed by atoms with Gasteiger partial charge < -0.3 is 5.32 Å². The first-order valence-corrected chi connectivity index (χ1v) is 7.70. The van der Waals surface area contributed by atoms with Crippen molar-refractivity contribution in [1.82, 2.24) is 9.62 Å². The molecule has 0 aliphatic heterocycles. The highest BCUT2D eigenvalue weighted by molar-refractivity contribution is 7.89. The van der Waals surface area contributed by atoms with Crippen LogP contribution in [0.5, 0.6) is 0 Å². The number of nitrogens with one attached hydrogen (secondary N) is 2. The first-order valence-electron chi connectivity index (χ1n) is 6.26. The van der Waals surface area contributed by atoms with E-state index in [1.54, 1.807) is 19.1 Å². The summed E-state index contributed by atoms with van der Waals surface area (Å²) in [7, 11) is -0.623. The molecule has 21 heavy (non-hydrogen) atoms. The van der Waals surface area contributed by atoms with Crippen LogP contribution in [0, 0.1) is 19.3 Å². The number of rotatable bonds is 6. The Balaban J connectivity index is 2.93. The monoisotopic (exact) mass is 309 g/mol. The highest BCUT2D eigenvalue weighted by atomic mass is 32.2. The van der Waals surface area contributed by atoms with E-state index >= 15 is 0 Å². The normalized spacial score (nSPS) is 11.2. The number of hydrogen-bond acceptors (Lipinski definition) is 4. The minimum atomic E-state index is -3.55. The van der Waals surface area contributed by atoms with Crippen molar-refractivity contribution in [3.05, 3.63) is 23.8 Å². The quantitative estimate of drug-likeness (QED) is 0.589. The summed E-state index contributed by atoms with van der Waals surface area (Å²) in [6.45, 7) is 2.06. The van der Waals surface area contributed by atoms with Gasteiger partial charge in [0.25, 0.3) is 0 Å². The number of benzene rings is 1. The van der Waals surface area contributed by atoms with Crippen LogP contribution in [-0.2, 0) is 14.8 Å². The van der Waals surface area contributed by atoms with Gasteiger partial charge in [-0.05, 0) is 24.6 Å². The Morgan fingerprint density at radius 1 is 1.38 bits per heavy atom. The molecule has 1 rings (SSSR count). The predicted octanol–water partition coefficient (Wildman–Crippen LogP) is 0.407. The van der Waals surface area contributed by atoms with Crippen LogP contribution < -0.4 is 10.6 Å². The second-order valence-corrected chi connectivity index (χ2v) is 6.74. The number of sulfonamides is 1. The van der Waals surface area contributed by atoms with Crippen molar-refractivity contribution in [1.29, 1.82) is 0 Å². The number of nitrogens with zero attached hydrogens (tertiary/aromatic N) is 1. The van der Waals surface area contributed by atoms with Crippen molar-refractivity contribution >= 4 is 21.6 Å². The van der Waals surface area contributed by atoms with Crippen LogP contribution in [0.25, 0.3) is 0 Å². The minimum Gasteiger partial charge on any atom is -0.325 e. The van der Waals surface area contributed by atoms with E-state index in [0.717, 1.165) is 4.31 Å². The number of carbonyl (C=O) groups is 1. The average molecular weight is 309 g/mol. The van der Waals surface area contributed by atoms with Crippen LogP contribution in [0.4, 0.5) is 5.69 Å². The molecule has 6 nitrogen and oxygen atoms in total. The van der Waals surface area contributed by atoms with E-state index in [-0.39, 0.29) is 17.3 Å². The molecule has 0 atom stereocenters. The van der Waals surface area contributed by atoms with Gasteiger partial charge in [-0.1, -0.05) is 12.0 Å². The molecular formula is C14H19N3O3S. The fourth-order valence-electron chi connectivity index (χ4n) is 1.61. The molecule has 0 heterocycles. The number of carbonyl (C=O) groups excluding carboxylic acids is 1. The van der Waals surface area contributed by atoms with Gasteiger partial charge in [-0.25, -0.2) is 12.7 Å². The fraction of sp³-hybridized carbons (Fsp3) is 0.357. The Morgan fingerprint density at radius 3 is 2.62 bits per heavy atom. The van der Waals surface area contributed by atoms with Crippen molar-refractivity contribution in [3.63, 3.8) is 0 Å². The molecule has 0 saturated heterocycles. The SMILES string of the molecule is C#CCNCC(=O)Nc1ccc(C)c(S(=O)(=O)N(C)C)c1. The molecule has 0 unspecified atom stereocenters. The van der Waals surface area contributed by atoms with Crippen LogP contribution in [-0.4, -0.2) is 45.8 Å². The van der Waals surface area contributed by atoms with Crippen molar-refractivity contribution in [2.75, 3.05) is 32.5 Å². The molecule has 0 saturated carbocycles. The van der Waals surface area contributed by atoms with Crippen LogP contribution in [0.1, 0.15) is 5.56 Å². The molecule has 1 amide bonds. The molecule has 0 aliphatic rings. The summed E-state index contributed by atoms with van der Waals surface area (Å²) < 4.78 is 25.5. The Kier molecular flexibility index (Phi) is 5.90. The molecule has 0 spiro atoms. The van der Waals surface area contributed by atoms with Gasteiger partial charge in [0, 0.05) is 19.8 Å². The second kappa shape index (κ2) is 7.22. The van der Waals surface area contributed by atoms with E-state index in [1.807, 2.05) is 0 Å². The van der Waals surface area contributed by atoms with Crippen molar-refractivity contribution < 1.29 is 13.2 Å². The Morgan fingerprint density at radius 2 is 2.05 bits per heavy atom. The lowest BCUT2D eigenvalue weighted by Crippen LogP contribution is -2.28. The smallest absolute Gasteiger partial charge is 0.242 e. The summed E-state index contributed by atoms with van der Waals surface area (Å²) in [5.41, 5.74) is 1.04. The highest BCUT2D eigenvalue weighted by Gasteiger charge is 2.20. The third-order valence-electron chi connectivity index (χ3n) is 2.74. The van der Waals surface area contributed by atoms with Gasteiger partial charge in [-0.15, -0.1) is 6.42 Å².